The van der Waals surface area contributed by atoms with Crippen LogP contribution in [0.25, 0.3) is 0 Å². The Morgan fingerprint density at radius 2 is 1.94 bits per heavy atom. The molecule has 0 atom stereocenters. The lowest BCUT2D eigenvalue weighted by atomic mass is 9.64. The van der Waals surface area contributed by atoms with Crippen molar-refractivity contribution in [2.45, 2.75) is 24.7 Å². The smallest absolute Gasteiger partial charge is 0.233 e. The SMILES string of the molecule is Cl.NCC(=O)NCC1(c2ccc(F)cc2)CCC1. The minimum Gasteiger partial charge on any atom is -0.354 e. The van der Waals surface area contributed by atoms with Gasteiger partial charge in [0.05, 0.1) is 6.54 Å². The molecule has 1 saturated carbocycles. The topological polar surface area (TPSA) is 55.1 Å². The summed E-state index contributed by atoms with van der Waals surface area (Å²) >= 11 is 0. The van der Waals surface area contributed by atoms with E-state index in [0.717, 1.165) is 24.8 Å². The van der Waals surface area contributed by atoms with Gasteiger partial charge in [-0.3, -0.25) is 4.79 Å². The van der Waals surface area contributed by atoms with Crippen molar-refractivity contribution in [2.75, 3.05) is 13.1 Å². The van der Waals surface area contributed by atoms with Gasteiger partial charge in [0, 0.05) is 12.0 Å². The number of amides is 1. The van der Waals surface area contributed by atoms with Crippen molar-refractivity contribution in [3.8, 4) is 0 Å². The highest BCUT2D eigenvalue weighted by Gasteiger charge is 2.38. The monoisotopic (exact) mass is 272 g/mol. The van der Waals surface area contributed by atoms with Crippen LogP contribution in [0.1, 0.15) is 24.8 Å². The van der Waals surface area contributed by atoms with E-state index in [1.54, 1.807) is 0 Å². The lowest BCUT2D eigenvalue weighted by Gasteiger charge is -2.42. The van der Waals surface area contributed by atoms with Gasteiger partial charge >= 0.3 is 0 Å². The zero-order valence-electron chi connectivity index (χ0n) is 10.1. The van der Waals surface area contributed by atoms with Gasteiger partial charge < -0.3 is 11.1 Å². The third kappa shape index (κ3) is 3.00. The highest BCUT2D eigenvalue weighted by Crippen LogP contribution is 2.43. The van der Waals surface area contributed by atoms with Gasteiger partial charge in [-0.1, -0.05) is 18.6 Å². The molecule has 1 fully saturated rings. The summed E-state index contributed by atoms with van der Waals surface area (Å²) in [5.41, 5.74) is 6.34. The molecule has 1 aliphatic carbocycles. The molecule has 1 amide bonds. The Morgan fingerprint density at radius 3 is 2.39 bits per heavy atom. The predicted molar refractivity (Wildman–Crippen MR) is 71.2 cm³/mol. The largest absolute Gasteiger partial charge is 0.354 e. The van der Waals surface area contributed by atoms with E-state index in [9.17, 15) is 9.18 Å². The van der Waals surface area contributed by atoms with Crippen LogP contribution in [0.15, 0.2) is 24.3 Å². The van der Waals surface area contributed by atoms with E-state index in [-0.39, 0.29) is 36.1 Å². The van der Waals surface area contributed by atoms with E-state index >= 15 is 0 Å². The number of hydrogen-bond donors (Lipinski definition) is 2. The predicted octanol–water partition coefficient (Wildman–Crippen LogP) is 1.74. The Bertz CT molecular complexity index is 404. The molecule has 5 heteroatoms. The molecule has 1 aromatic carbocycles. The highest BCUT2D eigenvalue weighted by atomic mass is 35.5. The highest BCUT2D eigenvalue weighted by molar-refractivity contribution is 5.85. The number of nitrogens with two attached hydrogens (primary N) is 1. The summed E-state index contributed by atoms with van der Waals surface area (Å²) in [7, 11) is 0. The summed E-state index contributed by atoms with van der Waals surface area (Å²) in [5, 5.41) is 2.83. The molecule has 2 rings (SSSR count). The molecule has 0 radical (unpaired) electrons. The number of carbonyl (C=O) groups excluding carboxylic acids is 1. The Hall–Kier alpha value is -1.13. The van der Waals surface area contributed by atoms with Crippen molar-refractivity contribution >= 4 is 18.3 Å². The standard InChI is InChI=1S/C13H17FN2O.ClH/c14-11-4-2-10(3-5-11)13(6-1-7-13)9-16-12(17)8-15;/h2-5H,1,6-9,15H2,(H,16,17);1H. The van der Waals surface area contributed by atoms with E-state index in [1.165, 1.54) is 12.1 Å². The molecule has 0 bridgehead atoms. The van der Waals surface area contributed by atoms with Crippen LogP contribution in [0.2, 0.25) is 0 Å². The fraction of sp³-hybridized carbons (Fsp3) is 0.462. The molecular formula is C13H18ClFN2O. The van der Waals surface area contributed by atoms with Crippen LogP contribution in [0.4, 0.5) is 4.39 Å². The lowest BCUT2D eigenvalue weighted by Crippen LogP contribution is -2.46. The minimum atomic E-state index is -0.228. The van der Waals surface area contributed by atoms with Crippen molar-refractivity contribution < 1.29 is 9.18 Å². The van der Waals surface area contributed by atoms with Crippen molar-refractivity contribution in [2.24, 2.45) is 5.73 Å². The number of benzene rings is 1. The Balaban J connectivity index is 0.00000162. The minimum absolute atomic E-state index is 0. The second-order valence-electron chi connectivity index (χ2n) is 4.62. The molecule has 1 aromatic rings. The van der Waals surface area contributed by atoms with Gasteiger partial charge in [0.25, 0.3) is 0 Å². The van der Waals surface area contributed by atoms with Crippen LogP contribution in [0.3, 0.4) is 0 Å². The summed E-state index contributed by atoms with van der Waals surface area (Å²) in [5.74, 6) is -0.368. The summed E-state index contributed by atoms with van der Waals surface area (Å²) < 4.78 is 12.9. The second kappa shape index (κ2) is 6.16. The van der Waals surface area contributed by atoms with Crippen molar-refractivity contribution in [3.05, 3.63) is 35.6 Å². The van der Waals surface area contributed by atoms with Gasteiger partial charge in [-0.25, -0.2) is 4.39 Å². The van der Waals surface area contributed by atoms with E-state index < -0.39 is 0 Å². The van der Waals surface area contributed by atoms with E-state index in [0.29, 0.717) is 6.54 Å². The number of carbonyl (C=O) groups is 1. The molecule has 0 spiro atoms. The molecule has 0 aromatic heterocycles. The van der Waals surface area contributed by atoms with Crippen LogP contribution < -0.4 is 11.1 Å². The Morgan fingerprint density at radius 1 is 1.33 bits per heavy atom. The van der Waals surface area contributed by atoms with E-state index in [1.807, 2.05) is 12.1 Å². The fourth-order valence-electron chi connectivity index (χ4n) is 2.31. The molecule has 0 saturated heterocycles. The third-order valence-corrected chi connectivity index (χ3v) is 3.58. The quantitative estimate of drug-likeness (QED) is 0.877. The summed E-state index contributed by atoms with van der Waals surface area (Å²) in [6.45, 7) is 0.605. The molecule has 3 N–H and O–H groups in total. The maximum Gasteiger partial charge on any atom is 0.233 e. The second-order valence-corrected chi connectivity index (χ2v) is 4.62. The Kier molecular flexibility index (Phi) is 5.11. The Labute approximate surface area is 112 Å². The molecular weight excluding hydrogens is 255 g/mol. The lowest BCUT2D eigenvalue weighted by molar-refractivity contribution is -0.120. The average Bonchev–Trinajstić information content (AvgIpc) is 2.29. The average molecular weight is 273 g/mol. The molecule has 3 nitrogen and oxygen atoms in total. The number of rotatable bonds is 4. The van der Waals surface area contributed by atoms with Crippen LogP contribution in [0.5, 0.6) is 0 Å². The summed E-state index contributed by atoms with van der Waals surface area (Å²) in [6, 6.07) is 6.56. The maximum atomic E-state index is 12.9. The van der Waals surface area contributed by atoms with Gasteiger partial charge in [-0.05, 0) is 30.5 Å². The van der Waals surface area contributed by atoms with Gasteiger partial charge in [0.2, 0.25) is 5.91 Å². The van der Waals surface area contributed by atoms with Crippen molar-refractivity contribution in [1.29, 1.82) is 0 Å². The summed E-state index contributed by atoms with van der Waals surface area (Å²) in [4.78, 5) is 11.2. The number of halogens is 2. The first-order valence-electron chi connectivity index (χ1n) is 5.89. The molecule has 0 aliphatic heterocycles. The number of hydrogen-bond acceptors (Lipinski definition) is 2. The first kappa shape index (κ1) is 14.9. The molecule has 1 aliphatic rings. The van der Waals surface area contributed by atoms with Gasteiger partial charge in [-0.2, -0.15) is 0 Å². The maximum absolute atomic E-state index is 12.9. The van der Waals surface area contributed by atoms with Gasteiger partial charge in [0.15, 0.2) is 0 Å². The van der Waals surface area contributed by atoms with Crippen molar-refractivity contribution in [1.82, 2.24) is 5.32 Å². The zero-order chi connectivity index (χ0) is 12.3. The summed E-state index contributed by atoms with van der Waals surface area (Å²) in [6.07, 6.45) is 3.21. The first-order chi connectivity index (χ1) is 8.16. The molecule has 0 unspecified atom stereocenters. The van der Waals surface area contributed by atoms with E-state index in [2.05, 4.69) is 5.32 Å². The molecule has 100 valence electrons. The molecule has 18 heavy (non-hydrogen) atoms. The zero-order valence-corrected chi connectivity index (χ0v) is 10.9. The molecule has 0 heterocycles. The van der Waals surface area contributed by atoms with Crippen LogP contribution >= 0.6 is 12.4 Å². The first-order valence-corrected chi connectivity index (χ1v) is 5.89. The van der Waals surface area contributed by atoms with Gasteiger partial charge in [0.1, 0.15) is 5.82 Å². The van der Waals surface area contributed by atoms with E-state index in [4.69, 9.17) is 5.73 Å². The normalized spacial score (nSPS) is 16.3. The van der Waals surface area contributed by atoms with Gasteiger partial charge in [-0.15, -0.1) is 12.4 Å². The third-order valence-electron chi connectivity index (χ3n) is 3.58. The van der Waals surface area contributed by atoms with Crippen molar-refractivity contribution in [3.63, 3.8) is 0 Å². The van der Waals surface area contributed by atoms with Crippen LogP contribution in [0, 0.1) is 5.82 Å². The van der Waals surface area contributed by atoms with Crippen LogP contribution in [-0.4, -0.2) is 19.0 Å². The number of nitrogens with one attached hydrogen (secondary N) is 1. The fourth-order valence-corrected chi connectivity index (χ4v) is 2.31. The van der Waals surface area contributed by atoms with Crippen LogP contribution in [-0.2, 0) is 10.2 Å².